The Hall–Kier alpha value is -2.87. The summed E-state index contributed by atoms with van der Waals surface area (Å²) in [5.74, 6) is -0.745. The predicted molar refractivity (Wildman–Crippen MR) is 128 cm³/mol. The Morgan fingerprint density at radius 1 is 0.969 bits per heavy atom. The Kier molecular flexibility index (Phi) is 8.44. The number of amides is 2. The highest BCUT2D eigenvalue weighted by Crippen LogP contribution is 2.22. The van der Waals surface area contributed by atoms with Crippen LogP contribution >= 0.6 is 0 Å². The smallest absolute Gasteiger partial charge is 0.244 e. The number of rotatable bonds is 9. The second-order valence-corrected chi connectivity index (χ2v) is 10.3. The second-order valence-electron chi connectivity index (χ2n) is 8.38. The molecule has 2 aromatic carbocycles. The lowest BCUT2D eigenvalue weighted by Gasteiger charge is -2.32. The molecule has 0 fully saturated rings. The number of hydrogen-bond donors (Lipinski definition) is 1. The third-order valence-electron chi connectivity index (χ3n) is 5.25. The average molecular weight is 460 g/mol. The van der Waals surface area contributed by atoms with Crippen LogP contribution in [0, 0.1) is 13.8 Å². The zero-order valence-electron chi connectivity index (χ0n) is 19.6. The minimum atomic E-state index is -3.73. The van der Waals surface area contributed by atoms with Crippen molar-refractivity contribution in [1.29, 1.82) is 0 Å². The van der Waals surface area contributed by atoms with Gasteiger partial charge in [0.15, 0.2) is 0 Å². The van der Waals surface area contributed by atoms with E-state index in [1.165, 1.54) is 4.90 Å². The largest absolute Gasteiger partial charge is 0.352 e. The van der Waals surface area contributed by atoms with Crippen LogP contribution in [0.4, 0.5) is 5.69 Å². The molecule has 0 aliphatic rings. The van der Waals surface area contributed by atoms with Crippen LogP contribution in [-0.2, 0) is 26.2 Å². The van der Waals surface area contributed by atoms with Crippen molar-refractivity contribution < 1.29 is 18.0 Å². The van der Waals surface area contributed by atoms with Gasteiger partial charge in [-0.05, 0) is 63.4 Å². The highest BCUT2D eigenvalue weighted by atomic mass is 32.2. The van der Waals surface area contributed by atoms with E-state index in [0.29, 0.717) is 5.69 Å². The number of nitrogens with zero attached hydrogens (tertiary/aromatic N) is 2. The molecule has 2 amide bonds. The number of carbonyl (C=O) groups excluding carboxylic acids is 2. The first-order valence-electron chi connectivity index (χ1n) is 10.6. The van der Waals surface area contributed by atoms with Crippen LogP contribution in [0.25, 0.3) is 0 Å². The molecular formula is C24H33N3O4S. The van der Waals surface area contributed by atoms with E-state index in [9.17, 15) is 18.0 Å². The molecule has 0 bridgehead atoms. The summed E-state index contributed by atoms with van der Waals surface area (Å²) in [6, 6.07) is 13.7. The predicted octanol–water partition coefficient (Wildman–Crippen LogP) is 3.01. The zero-order valence-corrected chi connectivity index (χ0v) is 20.4. The van der Waals surface area contributed by atoms with E-state index in [2.05, 4.69) is 5.32 Å². The van der Waals surface area contributed by atoms with E-state index in [0.717, 1.165) is 27.3 Å². The lowest BCUT2D eigenvalue weighted by Crippen LogP contribution is -2.52. The quantitative estimate of drug-likeness (QED) is 0.625. The molecule has 0 saturated heterocycles. The fraction of sp³-hybridized carbons (Fsp3) is 0.417. The van der Waals surface area contributed by atoms with Crippen LogP contribution in [0.2, 0.25) is 0 Å². The molecule has 8 heteroatoms. The molecule has 0 aromatic heterocycles. The lowest BCUT2D eigenvalue weighted by molar-refractivity contribution is -0.139. The van der Waals surface area contributed by atoms with Crippen LogP contribution in [0.3, 0.4) is 0 Å². The van der Waals surface area contributed by atoms with E-state index in [1.54, 1.807) is 19.1 Å². The first kappa shape index (κ1) is 25.4. The Morgan fingerprint density at radius 2 is 1.59 bits per heavy atom. The Morgan fingerprint density at radius 3 is 2.12 bits per heavy atom. The molecule has 0 radical (unpaired) electrons. The topological polar surface area (TPSA) is 86.8 Å². The fourth-order valence-electron chi connectivity index (χ4n) is 3.26. The van der Waals surface area contributed by atoms with Gasteiger partial charge in [-0.2, -0.15) is 0 Å². The van der Waals surface area contributed by atoms with Gasteiger partial charge in [-0.1, -0.05) is 36.4 Å². The van der Waals surface area contributed by atoms with Gasteiger partial charge >= 0.3 is 0 Å². The average Bonchev–Trinajstić information content (AvgIpc) is 2.71. The Labute approximate surface area is 191 Å². The van der Waals surface area contributed by atoms with E-state index < -0.39 is 28.5 Å². The SMILES string of the molecule is Cc1ccc(N(CC(=O)N(Cc2ccccc2)C(C)C(=O)NC(C)C)S(C)(=O)=O)cc1C. The Balaban J connectivity index is 2.38. The van der Waals surface area contributed by atoms with Crippen LogP contribution < -0.4 is 9.62 Å². The van der Waals surface area contributed by atoms with Gasteiger partial charge in [0.25, 0.3) is 0 Å². The molecule has 0 spiro atoms. The van der Waals surface area contributed by atoms with Crippen molar-refractivity contribution in [3.8, 4) is 0 Å². The molecule has 0 heterocycles. The number of benzene rings is 2. The molecule has 1 N–H and O–H groups in total. The molecule has 0 aliphatic carbocycles. The minimum Gasteiger partial charge on any atom is -0.352 e. The van der Waals surface area contributed by atoms with Gasteiger partial charge in [0, 0.05) is 12.6 Å². The summed E-state index contributed by atoms with van der Waals surface area (Å²) in [5.41, 5.74) is 3.22. The number of nitrogens with one attached hydrogen (secondary N) is 1. The van der Waals surface area contributed by atoms with E-state index in [1.807, 2.05) is 64.1 Å². The van der Waals surface area contributed by atoms with E-state index >= 15 is 0 Å². The van der Waals surface area contributed by atoms with E-state index in [4.69, 9.17) is 0 Å². The maximum absolute atomic E-state index is 13.4. The number of carbonyl (C=O) groups is 2. The molecule has 0 saturated carbocycles. The summed E-state index contributed by atoms with van der Waals surface area (Å²) in [6.45, 7) is 8.97. The molecule has 1 unspecified atom stereocenters. The third kappa shape index (κ3) is 6.82. The molecule has 174 valence electrons. The molecule has 1 atom stereocenters. The van der Waals surface area contributed by atoms with Crippen molar-refractivity contribution in [3.63, 3.8) is 0 Å². The van der Waals surface area contributed by atoms with Crippen LogP contribution in [-0.4, -0.2) is 50.0 Å². The minimum absolute atomic E-state index is 0.0818. The van der Waals surface area contributed by atoms with Crippen molar-refractivity contribution in [3.05, 3.63) is 65.2 Å². The standard InChI is InChI=1S/C24H33N3O4S/c1-17(2)25-24(29)20(5)26(15-21-10-8-7-9-11-21)23(28)16-27(32(6,30)31)22-13-12-18(3)19(4)14-22/h7-14,17,20H,15-16H2,1-6H3,(H,25,29). The van der Waals surface area contributed by atoms with Gasteiger partial charge in [-0.25, -0.2) is 8.42 Å². The summed E-state index contributed by atoms with van der Waals surface area (Å²) >= 11 is 0. The zero-order chi connectivity index (χ0) is 24.1. The van der Waals surface area contributed by atoms with Gasteiger partial charge < -0.3 is 10.2 Å². The summed E-state index contributed by atoms with van der Waals surface area (Å²) < 4.78 is 26.2. The van der Waals surface area contributed by atoms with Crippen molar-refractivity contribution in [2.24, 2.45) is 0 Å². The van der Waals surface area contributed by atoms with Gasteiger partial charge in [0.2, 0.25) is 21.8 Å². The van der Waals surface area contributed by atoms with Crippen LogP contribution in [0.15, 0.2) is 48.5 Å². The van der Waals surface area contributed by atoms with Crippen LogP contribution in [0.1, 0.15) is 37.5 Å². The van der Waals surface area contributed by atoms with Gasteiger partial charge in [0.1, 0.15) is 12.6 Å². The summed E-state index contributed by atoms with van der Waals surface area (Å²) in [6.07, 6.45) is 1.08. The molecule has 0 aliphatic heterocycles. The summed E-state index contributed by atoms with van der Waals surface area (Å²) in [4.78, 5) is 27.5. The van der Waals surface area contributed by atoms with E-state index in [-0.39, 0.29) is 18.5 Å². The molecular weight excluding hydrogens is 426 g/mol. The summed E-state index contributed by atoms with van der Waals surface area (Å²) in [5, 5.41) is 2.83. The normalized spacial score (nSPS) is 12.3. The number of sulfonamides is 1. The molecule has 2 aromatic rings. The lowest BCUT2D eigenvalue weighted by atomic mass is 10.1. The third-order valence-corrected chi connectivity index (χ3v) is 6.39. The van der Waals surface area contributed by atoms with Crippen molar-refractivity contribution in [2.45, 2.75) is 53.2 Å². The van der Waals surface area contributed by atoms with Gasteiger partial charge in [-0.3, -0.25) is 13.9 Å². The van der Waals surface area contributed by atoms with Crippen molar-refractivity contribution >= 4 is 27.5 Å². The number of aryl methyl sites for hydroxylation is 2. The molecule has 7 nitrogen and oxygen atoms in total. The highest BCUT2D eigenvalue weighted by molar-refractivity contribution is 7.92. The monoisotopic (exact) mass is 459 g/mol. The molecule has 2 rings (SSSR count). The van der Waals surface area contributed by atoms with Crippen molar-refractivity contribution in [2.75, 3.05) is 17.1 Å². The first-order chi connectivity index (χ1) is 14.9. The Bertz CT molecular complexity index is 1050. The summed E-state index contributed by atoms with van der Waals surface area (Å²) in [7, 11) is -3.73. The first-order valence-corrected chi connectivity index (χ1v) is 12.4. The second kappa shape index (κ2) is 10.6. The molecule has 32 heavy (non-hydrogen) atoms. The van der Waals surface area contributed by atoms with Gasteiger partial charge in [-0.15, -0.1) is 0 Å². The maximum atomic E-state index is 13.4. The fourth-order valence-corrected chi connectivity index (χ4v) is 4.10. The number of hydrogen-bond acceptors (Lipinski definition) is 4. The van der Waals surface area contributed by atoms with Crippen LogP contribution in [0.5, 0.6) is 0 Å². The number of anilines is 1. The van der Waals surface area contributed by atoms with Crippen molar-refractivity contribution in [1.82, 2.24) is 10.2 Å². The highest BCUT2D eigenvalue weighted by Gasteiger charge is 2.30. The van der Waals surface area contributed by atoms with Gasteiger partial charge in [0.05, 0.1) is 11.9 Å². The maximum Gasteiger partial charge on any atom is 0.244 e.